The molecular weight excluding hydrogens is 390 g/mol. The zero-order valence-electron chi connectivity index (χ0n) is 18.3. The SMILES string of the molecule is CCCCCC=CC[C@@](C)(NC(=O)OCC1c2ccccc2-c2ccccc21)C(=O)O. The second kappa shape index (κ2) is 10.3. The third-order valence-corrected chi connectivity index (χ3v) is 5.86. The van der Waals surface area contributed by atoms with Crippen LogP contribution in [0.4, 0.5) is 4.79 Å². The first-order valence-corrected chi connectivity index (χ1v) is 11.0. The van der Waals surface area contributed by atoms with Crippen molar-refractivity contribution in [2.75, 3.05) is 6.61 Å². The summed E-state index contributed by atoms with van der Waals surface area (Å²) in [5.41, 5.74) is 3.12. The number of nitrogens with one attached hydrogen (secondary N) is 1. The normalized spacial score (nSPS) is 14.6. The zero-order chi connectivity index (χ0) is 22.3. The molecule has 2 N–H and O–H groups in total. The van der Waals surface area contributed by atoms with E-state index in [0.29, 0.717) is 0 Å². The molecule has 0 radical (unpaired) electrons. The van der Waals surface area contributed by atoms with Crippen molar-refractivity contribution in [1.82, 2.24) is 5.32 Å². The topological polar surface area (TPSA) is 75.6 Å². The van der Waals surface area contributed by atoms with Crippen molar-refractivity contribution in [2.24, 2.45) is 0 Å². The van der Waals surface area contributed by atoms with Crippen molar-refractivity contribution in [2.45, 2.75) is 57.4 Å². The fourth-order valence-corrected chi connectivity index (χ4v) is 4.00. The Kier molecular flexibility index (Phi) is 7.50. The van der Waals surface area contributed by atoms with Crippen LogP contribution in [0.5, 0.6) is 0 Å². The van der Waals surface area contributed by atoms with Gasteiger partial charge in [0.1, 0.15) is 12.1 Å². The molecule has 164 valence electrons. The van der Waals surface area contributed by atoms with Gasteiger partial charge in [-0.15, -0.1) is 0 Å². The van der Waals surface area contributed by atoms with Crippen LogP contribution in [-0.4, -0.2) is 29.3 Å². The summed E-state index contributed by atoms with van der Waals surface area (Å²) in [5, 5.41) is 12.2. The molecule has 1 aliphatic carbocycles. The highest BCUT2D eigenvalue weighted by molar-refractivity contribution is 5.84. The summed E-state index contributed by atoms with van der Waals surface area (Å²) in [6.45, 7) is 3.80. The van der Waals surface area contributed by atoms with E-state index in [-0.39, 0.29) is 18.9 Å². The largest absolute Gasteiger partial charge is 0.480 e. The molecule has 5 nitrogen and oxygen atoms in total. The molecule has 3 rings (SSSR count). The maximum atomic E-state index is 12.5. The average molecular weight is 422 g/mol. The lowest BCUT2D eigenvalue weighted by molar-refractivity contribution is -0.143. The maximum absolute atomic E-state index is 12.5. The number of carbonyl (C=O) groups excluding carboxylic acids is 1. The van der Waals surface area contributed by atoms with Gasteiger partial charge in [-0.05, 0) is 48.4 Å². The van der Waals surface area contributed by atoms with Gasteiger partial charge >= 0.3 is 12.1 Å². The van der Waals surface area contributed by atoms with Crippen molar-refractivity contribution in [3.63, 3.8) is 0 Å². The molecule has 1 atom stereocenters. The fourth-order valence-electron chi connectivity index (χ4n) is 4.00. The van der Waals surface area contributed by atoms with Gasteiger partial charge in [0.25, 0.3) is 0 Å². The first-order valence-electron chi connectivity index (χ1n) is 11.0. The molecule has 5 heteroatoms. The summed E-state index contributed by atoms with van der Waals surface area (Å²) in [5.74, 6) is -1.15. The molecule has 0 unspecified atom stereocenters. The molecular formula is C26H31NO4. The number of unbranched alkanes of at least 4 members (excludes halogenated alkanes) is 3. The van der Waals surface area contributed by atoms with E-state index < -0.39 is 17.6 Å². The molecule has 1 amide bonds. The monoisotopic (exact) mass is 421 g/mol. The number of hydrogen-bond acceptors (Lipinski definition) is 3. The van der Waals surface area contributed by atoms with E-state index in [9.17, 15) is 14.7 Å². The third kappa shape index (κ3) is 5.35. The van der Waals surface area contributed by atoms with Crippen LogP contribution in [0.15, 0.2) is 60.7 Å². The van der Waals surface area contributed by atoms with Crippen molar-refractivity contribution >= 4 is 12.1 Å². The van der Waals surface area contributed by atoms with Gasteiger partial charge in [0.15, 0.2) is 0 Å². The highest BCUT2D eigenvalue weighted by Gasteiger charge is 2.35. The number of allylic oxidation sites excluding steroid dienone is 1. The van der Waals surface area contributed by atoms with Crippen molar-refractivity contribution < 1.29 is 19.4 Å². The van der Waals surface area contributed by atoms with E-state index >= 15 is 0 Å². The molecule has 0 aliphatic heterocycles. The number of carbonyl (C=O) groups is 2. The quantitative estimate of drug-likeness (QED) is 0.370. The number of rotatable bonds is 10. The van der Waals surface area contributed by atoms with Gasteiger partial charge in [-0.1, -0.05) is 80.4 Å². The Labute approximate surface area is 184 Å². The maximum Gasteiger partial charge on any atom is 0.408 e. The minimum Gasteiger partial charge on any atom is -0.480 e. The van der Waals surface area contributed by atoms with Crippen LogP contribution < -0.4 is 5.32 Å². The van der Waals surface area contributed by atoms with Crippen LogP contribution in [0.2, 0.25) is 0 Å². The minimum absolute atomic E-state index is 0.0623. The fraction of sp³-hybridized carbons (Fsp3) is 0.385. The van der Waals surface area contributed by atoms with Gasteiger partial charge in [-0.2, -0.15) is 0 Å². The Morgan fingerprint density at radius 2 is 1.65 bits per heavy atom. The van der Waals surface area contributed by atoms with Crippen molar-refractivity contribution in [1.29, 1.82) is 0 Å². The first kappa shape index (κ1) is 22.6. The molecule has 1 aliphatic rings. The molecule has 2 aromatic carbocycles. The average Bonchev–Trinajstić information content (AvgIpc) is 3.08. The Bertz CT molecular complexity index is 906. The number of ether oxygens (including phenoxy) is 1. The lowest BCUT2D eigenvalue weighted by atomic mass is 9.97. The number of hydrogen-bond donors (Lipinski definition) is 2. The van der Waals surface area contributed by atoms with Crippen LogP contribution in [0.3, 0.4) is 0 Å². The second-order valence-electron chi connectivity index (χ2n) is 8.26. The molecule has 0 heterocycles. The molecule has 0 aromatic heterocycles. The molecule has 0 spiro atoms. The summed E-state index contributed by atoms with van der Waals surface area (Å²) >= 11 is 0. The number of carboxylic acids is 1. The van der Waals surface area contributed by atoms with Gasteiger partial charge in [0.2, 0.25) is 0 Å². The molecule has 31 heavy (non-hydrogen) atoms. The van der Waals surface area contributed by atoms with Crippen LogP contribution in [0.1, 0.15) is 63.0 Å². The van der Waals surface area contributed by atoms with Gasteiger partial charge in [-0.25, -0.2) is 9.59 Å². The Hall–Kier alpha value is -3.08. The number of benzene rings is 2. The third-order valence-electron chi connectivity index (χ3n) is 5.86. The van der Waals surface area contributed by atoms with E-state index in [0.717, 1.165) is 47.9 Å². The Morgan fingerprint density at radius 1 is 1.03 bits per heavy atom. The van der Waals surface area contributed by atoms with Gasteiger partial charge in [0.05, 0.1) is 0 Å². The van der Waals surface area contributed by atoms with Gasteiger partial charge in [-0.3, -0.25) is 0 Å². The highest BCUT2D eigenvalue weighted by Crippen LogP contribution is 2.44. The van der Waals surface area contributed by atoms with Crippen molar-refractivity contribution in [3.8, 4) is 11.1 Å². The number of aliphatic carboxylic acids is 1. The van der Waals surface area contributed by atoms with Crippen molar-refractivity contribution in [3.05, 3.63) is 71.8 Å². The molecule has 0 saturated carbocycles. The summed E-state index contributed by atoms with van der Waals surface area (Å²) in [4.78, 5) is 24.3. The van der Waals surface area contributed by atoms with E-state index in [1.165, 1.54) is 6.92 Å². The molecule has 0 fully saturated rings. The number of amides is 1. The predicted octanol–water partition coefficient (Wildman–Crippen LogP) is 5.90. The summed E-state index contributed by atoms with van der Waals surface area (Å²) in [6, 6.07) is 16.2. The van der Waals surface area contributed by atoms with Gasteiger partial charge in [0, 0.05) is 5.92 Å². The second-order valence-corrected chi connectivity index (χ2v) is 8.26. The standard InChI is InChI=1S/C26H31NO4/c1-3-4-5-6-7-12-17-26(2,24(28)29)27-25(30)31-18-23-21-15-10-8-13-19(21)20-14-9-11-16-22(20)23/h7-16,23H,3-6,17-18H2,1-2H3,(H,27,30)(H,28,29)/t26-/m1/s1. The lowest BCUT2D eigenvalue weighted by Gasteiger charge is -2.25. The Morgan fingerprint density at radius 3 is 2.23 bits per heavy atom. The summed E-state index contributed by atoms with van der Waals surface area (Å²) in [6.07, 6.45) is 7.59. The van der Waals surface area contributed by atoms with E-state index in [1.54, 1.807) is 0 Å². The summed E-state index contributed by atoms with van der Waals surface area (Å²) in [7, 11) is 0. The molecule has 2 aromatic rings. The minimum atomic E-state index is -1.41. The van der Waals surface area contributed by atoms with Crippen LogP contribution in [-0.2, 0) is 9.53 Å². The Balaban J connectivity index is 1.61. The van der Waals surface area contributed by atoms with E-state index in [2.05, 4.69) is 24.4 Å². The van der Waals surface area contributed by atoms with Crippen LogP contribution in [0.25, 0.3) is 11.1 Å². The highest BCUT2D eigenvalue weighted by atomic mass is 16.5. The van der Waals surface area contributed by atoms with E-state index in [1.807, 2.05) is 48.6 Å². The molecule has 0 bridgehead atoms. The van der Waals surface area contributed by atoms with E-state index in [4.69, 9.17) is 4.74 Å². The molecule has 0 saturated heterocycles. The number of carboxylic acid groups (broad SMARTS) is 1. The smallest absolute Gasteiger partial charge is 0.408 e. The van der Waals surface area contributed by atoms with Crippen LogP contribution >= 0.6 is 0 Å². The number of fused-ring (bicyclic) bond motifs is 3. The number of alkyl carbamates (subject to hydrolysis) is 1. The summed E-state index contributed by atoms with van der Waals surface area (Å²) < 4.78 is 5.51. The zero-order valence-corrected chi connectivity index (χ0v) is 18.3. The first-order chi connectivity index (χ1) is 15.0. The predicted molar refractivity (Wildman–Crippen MR) is 122 cm³/mol. The van der Waals surface area contributed by atoms with Gasteiger partial charge < -0.3 is 15.2 Å². The van der Waals surface area contributed by atoms with Crippen LogP contribution in [0, 0.1) is 0 Å². The lowest BCUT2D eigenvalue weighted by Crippen LogP contribution is -2.52.